The monoisotopic (exact) mass is 347 g/mol. The van der Waals surface area contributed by atoms with Gasteiger partial charge in [0.15, 0.2) is 0 Å². The molecule has 24 heavy (non-hydrogen) atoms. The van der Waals surface area contributed by atoms with Crippen molar-refractivity contribution >= 4 is 29.0 Å². The van der Waals surface area contributed by atoms with Crippen molar-refractivity contribution in [2.75, 3.05) is 32.5 Å². The second-order valence-electron chi connectivity index (χ2n) is 5.83. The topological polar surface area (TPSA) is 70.2 Å². The lowest BCUT2D eigenvalue weighted by atomic mass is 10.2. The predicted octanol–water partition coefficient (Wildman–Crippen LogP) is 2.78. The molecule has 2 aromatic rings. The number of carbonyl (C=O) groups is 1. The number of benzene rings is 1. The number of likely N-dealkylation sites (N-methyl/N-ethyl adjacent to an activating group) is 1. The Morgan fingerprint density at radius 1 is 1.21 bits per heavy atom. The van der Waals surface area contributed by atoms with Crippen LogP contribution in [0.2, 0.25) is 5.02 Å². The van der Waals surface area contributed by atoms with Gasteiger partial charge in [-0.3, -0.25) is 4.79 Å². The average molecular weight is 348 g/mol. The highest BCUT2D eigenvalue weighted by Crippen LogP contribution is 2.23. The number of amides is 1. The van der Waals surface area contributed by atoms with Crippen LogP contribution in [0, 0.1) is 13.8 Å². The Labute approximate surface area is 147 Å². The largest absolute Gasteiger partial charge is 0.349 e. The number of rotatable bonds is 6. The smallest absolute Gasteiger partial charge is 0.270 e. The molecule has 2 N–H and O–H groups in total. The molecule has 1 aromatic heterocycles. The summed E-state index contributed by atoms with van der Waals surface area (Å²) < 4.78 is 0. The van der Waals surface area contributed by atoms with Crippen LogP contribution in [-0.2, 0) is 0 Å². The fourth-order valence-corrected chi connectivity index (χ4v) is 2.27. The maximum atomic E-state index is 12.2. The Morgan fingerprint density at radius 3 is 2.67 bits per heavy atom. The maximum Gasteiger partial charge on any atom is 0.270 e. The molecule has 0 fully saturated rings. The van der Waals surface area contributed by atoms with Crippen molar-refractivity contribution in [3.8, 4) is 0 Å². The first kappa shape index (κ1) is 18.2. The number of halogens is 1. The molecule has 1 aromatic carbocycles. The van der Waals surface area contributed by atoms with Gasteiger partial charge in [0.25, 0.3) is 5.91 Å². The van der Waals surface area contributed by atoms with Crippen molar-refractivity contribution in [2.24, 2.45) is 0 Å². The molecule has 0 unspecified atom stereocenters. The number of aromatic nitrogens is 2. The van der Waals surface area contributed by atoms with E-state index < -0.39 is 0 Å². The minimum atomic E-state index is -0.215. The summed E-state index contributed by atoms with van der Waals surface area (Å²) in [6.07, 6.45) is 0. The standard InChI is InChI=1S/C17H22ClN5O/c1-11-5-6-13(18)9-14(11)22-16-10-15(20-12(2)21-16)17(24)19-7-8-23(3)4/h5-6,9-10H,7-8H2,1-4H3,(H,19,24)(H,20,21,22). The van der Waals surface area contributed by atoms with Crippen molar-refractivity contribution in [1.29, 1.82) is 0 Å². The Bertz CT molecular complexity index is 733. The maximum absolute atomic E-state index is 12.2. The lowest BCUT2D eigenvalue weighted by Gasteiger charge is -2.12. The number of anilines is 2. The minimum Gasteiger partial charge on any atom is -0.349 e. The van der Waals surface area contributed by atoms with Gasteiger partial charge in [0.2, 0.25) is 0 Å². The van der Waals surface area contributed by atoms with Crippen LogP contribution in [0.25, 0.3) is 0 Å². The third-order valence-corrected chi connectivity index (χ3v) is 3.61. The summed E-state index contributed by atoms with van der Waals surface area (Å²) in [7, 11) is 3.91. The molecule has 7 heteroatoms. The zero-order valence-corrected chi connectivity index (χ0v) is 15.1. The SMILES string of the molecule is Cc1nc(Nc2cc(Cl)ccc2C)cc(C(=O)NCCN(C)C)n1. The van der Waals surface area contributed by atoms with E-state index in [9.17, 15) is 4.79 Å². The van der Waals surface area contributed by atoms with Crippen LogP contribution in [0.5, 0.6) is 0 Å². The molecule has 0 radical (unpaired) electrons. The number of hydrogen-bond acceptors (Lipinski definition) is 5. The predicted molar refractivity (Wildman–Crippen MR) is 97.1 cm³/mol. The summed E-state index contributed by atoms with van der Waals surface area (Å²) in [5.74, 6) is 0.872. The summed E-state index contributed by atoms with van der Waals surface area (Å²) in [6.45, 7) is 5.06. The fraction of sp³-hybridized carbons (Fsp3) is 0.353. The van der Waals surface area contributed by atoms with E-state index in [1.54, 1.807) is 13.0 Å². The molecule has 0 aliphatic carbocycles. The first-order chi connectivity index (χ1) is 11.3. The number of nitrogens with zero attached hydrogens (tertiary/aromatic N) is 3. The highest BCUT2D eigenvalue weighted by molar-refractivity contribution is 6.30. The number of carbonyl (C=O) groups excluding carboxylic acids is 1. The van der Waals surface area contributed by atoms with Crippen molar-refractivity contribution in [2.45, 2.75) is 13.8 Å². The van der Waals surface area contributed by atoms with Crippen molar-refractivity contribution in [1.82, 2.24) is 20.2 Å². The molecule has 1 heterocycles. The van der Waals surface area contributed by atoms with Gasteiger partial charge in [-0.1, -0.05) is 17.7 Å². The second kappa shape index (κ2) is 8.08. The van der Waals surface area contributed by atoms with E-state index in [2.05, 4.69) is 20.6 Å². The highest BCUT2D eigenvalue weighted by Gasteiger charge is 2.11. The number of hydrogen-bond donors (Lipinski definition) is 2. The zero-order valence-electron chi connectivity index (χ0n) is 14.4. The quantitative estimate of drug-likeness (QED) is 0.840. The van der Waals surface area contributed by atoms with E-state index in [0.29, 0.717) is 28.9 Å². The van der Waals surface area contributed by atoms with E-state index in [4.69, 9.17) is 11.6 Å². The van der Waals surface area contributed by atoms with Gasteiger partial charge in [0, 0.05) is 29.9 Å². The van der Waals surface area contributed by atoms with Crippen molar-refractivity contribution < 1.29 is 4.79 Å². The number of aryl methyl sites for hydroxylation is 2. The minimum absolute atomic E-state index is 0.215. The third-order valence-electron chi connectivity index (χ3n) is 3.38. The van der Waals surface area contributed by atoms with Crippen molar-refractivity contribution in [3.63, 3.8) is 0 Å². The second-order valence-corrected chi connectivity index (χ2v) is 6.27. The Hall–Kier alpha value is -2.18. The molecule has 0 aliphatic heterocycles. The molecule has 0 saturated carbocycles. The molecule has 0 spiro atoms. The molecule has 1 amide bonds. The number of nitrogens with one attached hydrogen (secondary N) is 2. The molecular weight excluding hydrogens is 326 g/mol. The summed E-state index contributed by atoms with van der Waals surface area (Å²) in [5, 5.41) is 6.68. The molecule has 6 nitrogen and oxygen atoms in total. The van der Waals surface area contributed by atoms with E-state index in [1.165, 1.54) is 0 Å². The van der Waals surface area contributed by atoms with Crippen LogP contribution >= 0.6 is 11.6 Å². The summed E-state index contributed by atoms with van der Waals surface area (Å²) in [6, 6.07) is 7.22. The molecule has 0 atom stereocenters. The Morgan fingerprint density at radius 2 is 1.96 bits per heavy atom. The summed E-state index contributed by atoms with van der Waals surface area (Å²) >= 11 is 6.04. The van der Waals surface area contributed by atoms with Crippen LogP contribution in [0.15, 0.2) is 24.3 Å². The van der Waals surface area contributed by atoms with Gasteiger partial charge in [0.1, 0.15) is 17.3 Å². The van der Waals surface area contributed by atoms with E-state index in [1.807, 2.05) is 44.1 Å². The molecule has 0 bridgehead atoms. The van der Waals surface area contributed by atoms with Gasteiger partial charge in [-0.2, -0.15) is 0 Å². The van der Waals surface area contributed by atoms with Crippen molar-refractivity contribution in [3.05, 3.63) is 46.4 Å². The van der Waals surface area contributed by atoms with E-state index in [-0.39, 0.29) is 5.91 Å². The summed E-state index contributed by atoms with van der Waals surface area (Å²) in [5.41, 5.74) is 2.22. The Kier molecular flexibility index (Phi) is 6.11. The van der Waals surface area contributed by atoms with Crippen LogP contribution in [0.3, 0.4) is 0 Å². The fourth-order valence-electron chi connectivity index (χ4n) is 2.10. The summed E-state index contributed by atoms with van der Waals surface area (Å²) in [4.78, 5) is 22.8. The van der Waals surface area contributed by atoms with E-state index >= 15 is 0 Å². The van der Waals surface area contributed by atoms with Crippen LogP contribution in [0.4, 0.5) is 11.5 Å². The molecular formula is C17H22ClN5O. The third kappa shape index (κ3) is 5.18. The zero-order chi connectivity index (χ0) is 17.7. The molecule has 0 aliphatic rings. The van der Waals surface area contributed by atoms with Gasteiger partial charge in [0.05, 0.1) is 0 Å². The average Bonchev–Trinajstić information content (AvgIpc) is 2.50. The van der Waals surface area contributed by atoms with Gasteiger partial charge in [-0.25, -0.2) is 9.97 Å². The van der Waals surface area contributed by atoms with Crippen LogP contribution in [-0.4, -0.2) is 48.0 Å². The molecule has 2 rings (SSSR count). The van der Waals surface area contributed by atoms with Gasteiger partial charge in [-0.05, 0) is 45.6 Å². The van der Waals surface area contributed by atoms with E-state index in [0.717, 1.165) is 17.8 Å². The lowest BCUT2D eigenvalue weighted by Crippen LogP contribution is -2.32. The van der Waals surface area contributed by atoms with Gasteiger partial charge >= 0.3 is 0 Å². The highest BCUT2D eigenvalue weighted by atomic mass is 35.5. The first-order valence-corrected chi connectivity index (χ1v) is 8.05. The van der Waals surface area contributed by atoms with Crippen LogP contribution < -0.4 is 10.6 Å². The first-order valence-electron chi connectivity index (χ1n) is 7.67. The lowest BCUT2D eigenvalue weighted by molar-refractivity contribution is 0.0945. The normalized spacial score (nSPS) is 10.8. The van der Waals surface area contributed by atoms with Crippen LogP contribution in [0.1, 0.15) is 21.9 Å². The van der Waals surface area contributed by atoms with Gasteiger partial charge < -0.3 is 15.5 Å². The molecule has 128 valence electrons. The Balaban J connectivity index is 2.16. The van der Waals surface area contributed by atoms with Gasteiger partial charge in [-0.15, -0.1) is 0 Å². The molecule has 0 saturated heterocycles.